The van der Waals surface area contributed by atoms with Gasteiger partial charge in [-0.1, -0.05) is 29.8 Å². The monoisotopic (exact) mass is 312 g/mol. The fourth-order valence-electron chi connectivity index (χ4n) is 2.13. The highest BCUT2D eigenvalue weighted by Crippen LogP contribution is 2.20. The minimum absolute atomic E-state index is 0.0750. The molecule has 0 aliphatic heterocycles. The maximum absolute atomic E-state index is 10.9. The molecule has 6 heteroatoms. The zero-order chi connectivity index (χ0) is 15.5. The van der Waals surface area contributed by atoms with E-state index in [0.29, 0.717) is 5.69 Å². The Hall–Kier alpha value is -2.79. The lowest BCUT2D eigenvalue weighted by atomic mass is 10.2. The first-order valence-corrected chi connectivity index (χ1v) is 6.89. The lowest BCUT2D eigenvalue weighted by Gasteiger charge is -2.07. The summed E-state index contributed by atoms with van der Waals surface area (Å²) in [5.74, 6) is -1.32. The molecule has 0 fully saturated rings. The van der Waals surface area contributed by atoms with Crippen molar-refractivity contribution in [3.05, 3.63) is 64.8 Å². The number of hydrazone groups is 1. The first kappa shape index (κ1) is 14.2. The van der Waals surface area contributed by atoms with E-state index in [2.05, 4.69) is 15.5 Å². The van der Waals surface area contributed by atoms with Crippen LogP contribution in [0.3, 0.4) is 0 Å². The van der Waals surface area contributed by atoms with Crippen LogP contribution in [-0.2, 0) is 0 Å². The van der Waals surface area contributed by atoms with E-state index in [1.54, 1.807) is 12.3 Å². The van der Waals surface area contributed by atoms with Crippen LogP contribution < -0.4 is 10.5 Å². The Morgan fingerprint density at radius 2 is 2.09 bits per heavy atom. The average Bonchev–Trinajstić information content (AvgIpc) is 2.92. The predicted molar refractivity (Wildman–Crippen MR) is 85.3 cm³/mol. The SMILES string of the molecule is O=C([O-])c1cc(N/N=C/c2c[nH]c3ccccc23)ccc1Cl. The van der Waals surface area contributed by atoms with Crippen LogP contribution in [0.15, 0.2) is 53.8 Å². The number of anilines is 1. The zero-order valence-electron chi connectivity index (χ0n) is 11.3. The van der Waals surface area contributed by atoms with Crippen molar-refractivity contribution >= 4 is 40.4 Å². The van der Waals surface area contributed by atoms with E-state index in [4.69, 9.17) is 11.6 Å². The Morgan fingerprint density at radius 3 is 2.91 bits per heavy atom. The first-order valence-electron chi connectivity index (χ1n) is 6.51. The number of halogens is 1. The maximum atomic E-state index is 10.9. The molecular formula is C16H11ClN3O2-. The number of aromatic amines is 1. The van der Waals surface area contributed by atoms with Gasteiger partial charge in [0.2, 0.25) is 0 Å². The van der Waals surface area contributed by atoms with E-state index in [-0.39, 0.29) is 10.6 Å². The van der Waals surface area contributed by atoms with Crippen LogP contribution in [0.2, 0.25) is 5.02 Å². The number of carboxylic acids is 1. The molecule has 0 saturated carbocycles. The molecule has 5 nitrogen and oxygen atoms in total. The van der Waals surface area contributed by atoms with E-state index in [1.807, 2.05) is 30.5 Å². The van der Waals surface area contributed by atoms with Crippen LogP contribution in [0.25, 0.3) is 10.9 Å². The van der Waals surface area contributed by atoms with Crippen molar-refractivity contribution in [3.63, 3.8) is 0 Å². The molecule has 0 saturated heterocycles. The number of nitrogens with zero attached hydrogens (tertiary/aromatic N) is 1. The number of carboxylic acid groups (broad SMARTS) is 1. The topological polar surface area (TPSA) is 80.3 Å². The van der Waals surface area contributed by atoms with Crippen LogP contribution in [0.4, 0.5) is 5.69 Å². The molecule has 2 N–H and O–H groups in total. The third-order valence-electron chi connectivity index (χ3n) is 3.20. The second kappa shape index (κ2) is 5.91. The smallest absolute Gasteiger partial charge is 0.0731 e. The van der Waals surface area contributed by atoms with Crippen molar-refractivity contribution < 1.29 is 9.90 Å². The molecule has 1 aromatic heterocycles. The number of carbonyl (C=O) groups is 1. The number of H-pyrrole nitrogens is 1. The number of fused-ring (bicyclic) bond motifs is 1. The summed E-state index contributed by atoms with van der Waals surface area (Å²) in [6.45, 7) is 0. The Morgan fingerprint density at radius 1 is 1.27 bits per heavy atom. The Balaban J connectivity index is 1.80. The van der Waals surface area contributed by atoms with Gasteiger partial charge in [-0.05, 0) is 24.3 Å². The van der Waals surface area contributed by atoms with E-state index in [0.717, 1.165) is 16.5 Å². The van der Waals surface area contributed by atoms with Gasteiger partial charge >= 0.3 is 0 Å². The molecule has 0 aliphatic rings. The molecule has 0 bridgehead atoms. The normalized spacial score (nSPS) is 11.1. The molecule has 0 radical (unpaired) electrons. The molecule has 2 aromatic carbocycles. The van der Waals surface area contributed by atoms with Crippen molar-refractivity contribution in [2.75, 3.05) is 5.43 Å². The largest absolute Gasteiger partial charge is 0.545 e. The number of carbonyl (C=O) groups excluding carboxylic acids is 1. The van der Waals surface area contributed by atoms with Gasteiger partial charge in [-0.15, -0.1) is 0 Å². The van der Waals surface area contributed by atoms with Gasteiger partial charge in [0.25, 0.3) is 0 Å². The van der Waals surface area contributed by atoms with Gasteiger partial charge in [-0.2, -0.15) is 5.10 Å². The summed E-state index contributed by atoms with van der Waals surface area (Å²) in [6.07, 6.45) is 3.51. The van der Waals surface area contributed by atoms with Crippen LogP contribution in [0, 0.1) is 0 Å². The highest BCUT2D eigenvalue weighted by Gasteiger charge is 2.03. The summed E-state index contributed by atoms with van der Waals surface area (Å²) in [5.41, 5.74) is 5.17. The molecule has 3 aromatic rings. The van der Waals surface area contributed by atoms with E-state index < -0.39 is 5.97 Å². The van der Waals surface area contributed by atoms with Gasteiger partial charge in [0.15, 0.2) is 0 Å². The van der Waals surface area contributed by atoms with E-state index in [1.165, 1.54) is 12.1 Å². The minimum Gasteiger partial charge on any atom is -0.545 e. The number of benzene rings is 2. The van der Waals surface area contributed by atoms with Crippen molar-refractivity contribution in [2.45, 2.75) is 0 Å². The zero-order valence-corrected chi connectivity index (χ0v) is 12.1. The van der Waals surface area contributed by atoms with Crippen LogP contribution >= 0.6 is 11.6 Å². The molecule has 0 aliphatic carbocycles. The quantitative estimate of drug-likeness (QED) is 0.574. The summed E-state index contributed by atoms with van der Waals surface area (Å²) < 4.78 is 0. The van der Waals surface area contributed by atoms with Gasteiger partial charge in [-0.3, -0.25) is 5.43 Å². The van der Waals surface area contributed by atoms with E-state index >= 15 is 0 Å². The summed E-state index contributed by atoms with van der Waals surface area (Å²) in [4.78, 5) is 14.1. The lowest BCUT2D eigenvalue weighted by molar-refractivity contribution is -0.255. The number of hydrogen-bond acceptors (Lipinski definition) is 4. The number of hydrogen-bond donors (Lipinski definition) is 2. The van der Waals surface area contributed by atoms with Crippen molar-refractivity contribution in [3.8, 4) is 0 Å². The summed E-state index contributed by atoms with van der Waals surface area (Å²) in [7, 11) is 0. The summed E-state index contributed by atoms with van der Waals surface area (Å²) >= 11 is 5.78. The standard InChI is InChI=1S/C16H12ClN3O2/c17-14-6-5-11(7-13(14)16(21)22)20-19-9-10-8-18-15-4-2-1-3-12(10)15/h1-9,18,20H,(H,21,22)/p-1/b19-9+. The van der Waals surface area contributed by atoms with Crippen molar-refractivity contribution in [1.82, 2.24) is 4.98 Å². The van der Waals surface area contributed by atoms with Gasteiger partial charge in [0, 0.05) is 33.2 Å². The predicted octanol–water partition coefficient (Wildman–Crippen LogP) is 2.63. The summed E-state index contributed by atoms with van der Waals surface area (Å²) in [6, 6.07) is 12.4. The third kappa shape index (κ3) is 2.80. The van der Waals surface area contributed by atoms with Crippen molar-refractivity contribution in [2.24, 2.45) is 5.10 Å². The molecule has 0 atom stereocenters. The molecule has 1 heterocycles. The fourth-order valence-corrected chi connectivity index (χ4v) is 2.32. The van der Waals surface area contributed by atoms with Gasteiger partial charge in [0.05, 0.1) is 17.9 Å². The van der Waals surface area contributed by atoms with Crippen LogP contribution in [0.1, 0.15) is 15.9 Å². The number of rotatable bonds is 4. The van der Waals surface area contributed by atoms with Crippen LogP contribution in [-0.4, -0.2) is 17.2 Å². The minimum atomic E-state index is -1.32. The Labute approximate surface area is 131 Å². The highest BCUT2D eigenvalue weighted by atomic mass is 35.5. The molecule has 22 heavy (non-hydrogen) atoms. The third-order valence-corrected chi connectivity index (χ3v) is 3.53. The Kier molecular flexibility index (Phi) is 3.80. The fraction of sp³-hybridized carbons (Fsp3) is 0. The van der Waals surface area contributed by atoms with Gasteiger partial charge in [-0.25, -0.2) is 0 Å². The number of aromatic nitrogens is 1. The number of nitrogens with one attached hydrogen (secondary N) is 2. The van der Waals surface area contributed by atoms with Crippen molar-refractivity contribution in [1.29, 1.82) is 0 Å². The first-order chi connectivity index (χ1) is 10.6. The lowest BCUT2D eigenvalue weighted by Crippen LogP contribution is -2.22. The molecule has 3 rings (SSSR count). The Bertz CT molecular complexity index is 871. The molecule has 0 spiro atoms. The van der Waals surface area contributed by atoms with Crippen LogP contribution in [0.5, 0.6) is 0 Å². The molecule has 0 amide bonds. The average molecular weight is 313 g/mol. The number of aromatic carboxylic acids is 1. The van der Waals surface area contributed by atoms with Gasteiger partial charge < -0.3 is 14.9 Å². The summed E-state index contributed by atoms with van der Waals surface area (Å²) in [5, 5.41) is 16.2. The number of para-hydroxylation sites is 1. The second-order valence-electron chi connectivity index (χ2n) is 4.64. The van der Waals surface area contributed by atoms with Gasteiger partial charge in [0.1, 0.15) is 0 Å². The second-order valence-corrected chi connectivity index (χ2v) is 5.05. The highest BCUT2D eigenvalue weighted by molar-refractivity contribution is 6.33. The van der Waals surface area contributed by atoms with E-state index in [9.17, 15) is 9.90 Å². The maximum Gasteiger partial charge on any atom is 0.0731 e. The molecular weight excluding hydrogens is 302 g/mol. The molecule has 110 valence electrons. The molecule has 0 unspecified atom stereocenters.